The molecule has 0 spiro atoms. The van der Waals surface area contributed by atoms with Gasteiger partial charge >= 0.3 is 12.1 Å². The Balaban J connectivity index is 2.05. The highest BCUT2D eigenvalue weighted by Gasteiger charge is 2.32. The van der Waals surface area contributed by atoms with Crippen LogP contribution in [-0.4, -0.2) is 32.4 Å². The van der Waals surface area contributed by atoms with Crippen LogP contribution in [0.1, 0.15) is 22.8 Å². The number of rotatable bonds is 4. The maximum absolute atomic E-state index is 13.2. The molecule has 9 heteroatoms. The van der Waals surface area contributed by atoms with Gasteiger partial charge in [-0.25, -0.2) is 9.48 Å². The van der Waals surface area contributed by atoms with E-state index in [1.165, 1.54) is 41.6 Å². The zero-order valence-electron chi connectivity index (χ0n) is 14.1. The second-order valence-electron chi connectivity index (χ2n) is 5.59. The van der Waals surface area contributed by atoms with Gasteiger partial charge in [-0.2, -0.15) is 18.3 Å². The average molecular weight is 377 g/mol. The molecule has 0 atom stereocenters. The fraction of sp³-hybridized carbons (Fsp3) is 0.167. The Labute approximate surface area is 151 Å². The number of hydrogen-bond donors (Lipinski definition) is 1. The van der Waals surface area contributed by atoms with Gasteiger partial charge in [0.25, 0.3) is 0 Å². The van der Waals surface area contributed by atoms with Crippen molar-refractivity contribution in [3.05, 3.63) is 60.2 Å². The summed E-state index contributed by atoms with van der Waals surface area (Å²) in [7, 11) is 0. The summed E-state index contributed by atoms with van der Waals surface area (Å²) in [6.07, 6.45) is 0.994. The van der Waals surface area contributed by atoms with Gasteiger partial charge in [0.2, 0.25) is 0 Å². The summed E-state index contributed by atoms with van der Waals surface area (Å²) in [6.45, 7) is 1.61. The molecule has 0 aliphatic rings. The number of nitrogens with zero attached hydrogens (tertiary/aromatic N) is 3. The van der Waals surface area contributed by atoms with Crippen LogP contribution >= 0.6 is 0 Å². The second kappa shape index (κ2) is 7.10. The van der Waals surface area contributed by atoms with Gasteiger partial charge in [-0.15, -0.1) is 0 Å². The van der Waals surface area contributed by atoms with E-state index in [2.05, 4.69) is 10.1 Å². The molecule has 0 radical (unpaired) electrons. The van der Waals surface area contributed by atoms with Crippen molar-refractivity contribution in [3.63, 3.8) is 0 Å². The van der Waals surface area contributed by atoms with Crippen LogP contribution in [0.4, 0.5) is 13.2 Å². The molecule has 6 nitrogen and oxygen atoms in total. The van der Waals surface area contributed by atoms with Crippen LogP contribution in [0.5, 0.6) is 5.75 Å². The van der Waals surface area contributed by atoms with E-state index in [1.807, 2.05) is 0 Å². The smallest absolute Gasteiger partial charge is 0.416 e. The van der Waals surface area contributed by atoms with E-state index in [1.54, 1.807) is 6.92 Å². The molecule has 0 saturated heterocycles. The van der Waals surface area contributed by atoms with Crippen LogP contribution in [0.2, 0.25) is 0 Å². The van der Waals surface area contributed by atoms with Crippen molar-refractivity contribution in [2.75, 3.05) is 6.61 Å². The van der Waals surface area contributed by atoms with Crippen LogP contribution in [-0.2, 0) is 10.9 Å². The Hall–Kier alpha value is -3.36. The maximum Gasteiger partial charge on any atom is 0.416 e. The number of ether oxygens (including phenoxy) is 1. The van der Waals surface area contributed by atoms with Gasteiger partial charge in [0.15, 0.2) is 0 Å². The average Bonchev–Trinajstić information content (AvgIpc) is 3.11. The van der Waals surface area contributed by atoms with E-state index in [4.69, 9.17) is 4.74 Å². The van der Waals surface area contributed by atoms with Gasteiger partial charge in [-0.1, -0.05) is 0 Å². The second-order valence-corrected chi connectivity index (χ2v) is 5.59. The molecule has 2 heterocycles. The SMILES string of the molecule is CCOC(=O)c1cc(-n2cc(-c3cncc(O)c3)cn2)cc(C(F)(F)F)c1. The molecule has 3 rings (SSSR count). The van der Waals surface area contributed by atoms with Gasteiger partial charge in [0.05, 0.1) is 35.8 Å². The van der Waals surface area contributed by atoms with Gasteiger partial charge in [0, 0.05) is 23.5 Å². The predicted octanol–water partition coefficient (Wildman–Crippen LogP) is 3.84. The molecule has 3 aromatic rings. The highest BCUT2D eigenvalue weighted by atomic mass is 19.4. The number of benzene rings is 1. The molecular weight excluding hydrogens is 363 g/mol. The summed E-state index contributed by atoms with van der Waals surface area (Å²) in [6, 6.07) is 4.35. The van der Waals surface area contributed by atoms with E-state index in [-0.39, 0.29) is 23.6 Å². The lowest BCUT2D eigenvalue weighted by Gasteiger charge is -2.12. The molecule has 0 bridgehead atoms. The standard InChI is InChI=1S/C18H14F3N3O3/c1-2-27-17(26)11-3-14(18(19,20)21)6-15(4-11)24-10-13(8-23-24)12-5-16(25)9-22-7-12/h3-10,25H,2H2,1H3. The third kappa shape index (κ3) is 4.08. The van der Waals surface area contributed by atoms with Crippen molar-refractivity contribution in [1.82, 2.24) is 14.8 Å². The summed E-state index contributed by atoms with van der Waals surface area (Å²) in [5.74, 6) is -0.904. The van der Waals surface area contributed by atoms with E-state index < -0.39 is 17.7 Å². The first-order chi connectivity index (χ1) is 12.8. The molecule has 140 valence electrons. The molecule has 27 heavy (non-hydrogen) atoms. The largest absolute Gasteiger partial charge is 0.506 e. The maximum atomic E-state index is 13.2. The number of aromatic nitrogens is 3. The first-order valence-corrected chi connectivity index (χ1v) is 7.87. The van der Waals surface area contributed by atoms with Gasteiger partial charge in [-0.05, 0) is 31.2 Å². The summed E-state index contributed by atoms with van der Waals surface area (Å²) in [5.41, 5.74) is -0.0866. The number of esters is 1. The van der Waals surface area contributed by atoms with Gasteiger partial charge < -0.3 is 9.84 Å². The minimum atomic E-state index is -4.64. The Kier molecular flexibility index (Phi) is 4.85. The number of hydrogen-bond acceptors (Lipinski definition) is 5. The van der Waals surface area contributed by atoms with Crippen LogP contribution < -0.4 is 0 Å². The highest BCUT2D eigenvalue weighted by Crippen LogP contribution is 2.32. The lowest BCUT2D eigenvalue weighted by atomic mass is 10.1. The van der Waals surface area contributed by atoms with E-state index in [0.717, 1.165) is 12.1 Å². The van der Waals surface area contributed by atoms with E-state index >= 15 is 0 Å². The fourth-order valence-corrected chi connectivity index (χ4v) is 2.44. The molecule has 0 aliphatic carbocycles. The minimum Gasteiger partial charge on any atom is -0.506 e. The number of carbonyl (C=O) groups excluding carboxylic acids is 1. The predicted molar refractivity (Wildman–Crippen MR) is 89.4 cm³/mol. The number of pyridine rings is 1. The van der Waals surface area contributed by atoms with Crippen LogP contribution in [0, 0.1) is 0 Å². The minimum absolute atomic E-state index is 0.0425. The first kappa shape index (κ1) is 18.4. The van der Waals surface area contributed by atoms with Gasteiger partial charge in [0.1, 0.15) is 5.75 Å². The van der Waals surface area contributed by atoms with Crippen molar-refractivity contribution >= 4 is 5.97 Å². The highest BCUT2D eigenvalue weighted by molar-refractivity contribution is 5.90. The van der Waals surface area contributed by atoms with Crippen molar-refractivity contribution in [2.45, 2.75) is 13.1 Å². The summed E-state index contributed by atoms with van der Waals surface area (Å²) < 4.78 is 45.6. The Morgan fingerprint density at radius 1 is 1.15 bits per heavy atom. The third-order valence-corrected chi connectivity index (χ3v) is 3.66. The van der Waals surface area contributed by atoms with E-state index in [0.29, 0.717) is 11.1 Å². The third-order valence-electron chi connectivity index (χ3n) is 3.66. The van der Waals surface area contributed by atoms with Crippen molar-refractivity contribution in [1.29, 1.82) is 0 Å². The summed E-state index contributed by atoms with van der Waals surface area (Å²) in [5, 5.41) is 13.6. The molecule has 1 N–H and O–H groups in total. The lowest BCUT2D eigenvalue weighted by Crippen LogP contribution is -2.11. The Morgan fingerprint density at radius 2 is 1.93 bits per heavy atom. The molecule has 0 aliphatic heterocycles. The van der Waals surface area contributed by atoms with E-state index in [9.17, 15) is 23.1 Å². The number of aromatic hydroxyl groups is 1. The number of carbonyl (C=O) groups is 1. The van der Waals surface area contributed by atoms with Crippen LogP contribution in [0.25, 0.3) is 16.8 Å². The summed E-state index contributed by atoms with van der Waals surface area (Å²) in [4.78, 5) is 15.8. The number of halogens is 3. The zero-order valence-corrected chi connectivity index (χ0v) is 14.1. The molecule has 0 amide bonds. The van der Waals surface area contributed by atoms with Crippen molar-refractivity contribution < 1.29 is 27.8 Å². The topological polar surface area (TPSA) is 77.2 Å². The fourth-order valence-electron chi connectivity index (χ4n) is 2.44. The van der Waals surface area contributed by atoms with Gasteiger partial charge in [-0.3, -0.25) is 4.98 Å². The quantitative estimate of drug-likeness (QED) is 0.699. The monoisotopic (exact) mass is 377 g/mol. The van der Waals surface area contributed by atoms with Crippen molar-refractivity contribution in [2.24, 2.45) is 0 Å². The molecule has 2 aromatic heterocycles. The first-order valence-electron chi connectivity index (χ1n) is 7.87. The van der Waals surface area contributed by atoms with Crippen LogP contribution in [0.3, 0.4) is 0 Å². The normalized spacial score (nSPS) is 11.4. The summed E-state index contributed by atoms with van der Waals surface area (Å²) >= 11 is 0. The zero-order chi connectivity index (χ0) is 19.6. The molecule has 1 aromatic carbocycles. The number of alkyl halides is 3. The molecule has 0 saturated carbocycles. The van der Waals surface area contributed by atoms with Crippen molar-refractivity contribution in [3.8, 4) is 22.6 Å². The lowest BCUT2D eigenvalue weighted by molar-refractivity contribution is -0.137. The molecule has 0 unspecified atom stereocenters. The Morgan fingerprint density at radius 3 is 2.59 bits per heavy atom. The molecule has 0 fully saturated rings. The Bertz CT molecular complexity index is 983. The molecular formula is C18H14F3N3O3. The van der Waals surface area contributed by atoms with Crippen LogP contribution in [0.15, 0.2) is 49.1 Å².